The Kier molecular flexibility index (Phi) is 10.3. The highest BCUT2D eigenvalue weighted by atomic mass is 16.6. The van der Waals surface area contributed by atoms with E-state index < -0.39 is 23.7 Å². The highest BCUT2D eigenvalue weighted by Crippen LogP contribution is 2.38. The molecule has 4 rings (SSSR count). The lowest BCUT2D eigenvalue weighted by Crippen LogP contribution is -2.48. The molecular formula is C33H43N3O7. The van der Waals surface area contributed by atoms with Crippen molar-refractivity contribution >= 4 is 29.6 Å². The molecule has 10 heteroatoms. The van der Waals surface area contributed by atoms with Crippen molar-refractivity contribution in [1.82, 2.24) is 10.2 Å². The fourth-order valence-electron chi connectivity index (χ4n) is 6.07. The minimum atomic E-state index is -0.687. The molecule has 2 aliphatic rings. The SMILES string of the molecule is COC(=O)c1ccc(NC(=O)[C@@H]2[C@H](c3ccccc3)CCN2C(=O)[C@H]2CC[C@H](CNC(=O)OC(C)(C)C)CC2)cc1OC. The zero-order valence-corrected chi connectivity index (χ0v) is 25.7. The Bertz CT molecular complexity index is 1300. The number of carbonyl (C=O) groups excluding carboxylic acids is 4. The van der Waals surface area contributed by atoms with Crippen LogP contribution in [0.1, 0.15) is 74.7 Å². The van der Waals surface area contributed by atoms with Crippen LogP contribution in [0.4, 0.5) is 10.5 Å². The molecule has 2 atom stereocenters. The Hall–Kier alpha value is -4.08. The summed E-state index contributed by atoms with van der Waals surface area (Å²) in [4.78, 5) is 53.7. The van der Waals surface area contributed by atoms with E-state index in [0.29, 0.717) is 38.0 Å². The van der Waals surface area contributed by atoms with E-state index in [-0.39, 0.29) is 40.9 Å². The van der Waals surface area contributed by atoms with Gasteiger partial charge in [0.25, 0.3) is 0 Å². The summed E-state index contributed by atoms with van der Waals surface area (Å²) >= 11 is 0. The molecule has 0 bridgehead atoms. The van der Waals surface area contributed by atoms with E-state index in [9.17, 15) is 19.2 Å². The molecule has 43 heavy (non-hydrogen) atoms. The molecule has 2 N–H and O–H groups in total. The third-order valence-corrected chi connectivity index (χ3v) is 8.18. The average molecular weight is 594 g/mol. The summed E-state index contributed by atoms with van der Waals surface area (Å²) in [6, 6.07) is 13.9. The Morgan fingerprint density at radius 2 is 1.63 bits per heavy atom. The first-order valence-electron chi connectivity index (χ1n) is 14.9. The van der Waals surface area contributed by atoms with Gasteiger partial charge in [0.1, 0.15) is 23.0 Å². The highest BCUT2D eigenvalue weighted by Gasteiger charge is 2.44. The Balaban J connectivity index is 1.45. The zero-order chi connectivity index (χ0) is 31.1. The average Bonchev–Trinajstić information content (AvgIpc) is 3.44. The summed E-state index contributed by atoms with van der Waals surface area (Å²) in [6.07, 6.45) is 3.27. The number of esters is 1. The third kappa shape index (κ3) is 8.06. The fourth-order valence-corrected chi connectivity index (χ4v) is 6.07. The first-order valence-corrected chi connectivity index (χ1v) is 14.9. The van der Waals surface area contributed by atoms with Crippen LogP contribution in [0.5, 0.6) is 5.75 Å². The van der Waals surface area contributed by atoms with Crippen LogP contribution < -0.4 is 15.4 Å². The van der Waals surface area contributed by atoms with Crippen molar-refractivity contribution in [3.8, 4) is 5.75 Å². The van der Waals surface area contributed by atoms with Gasteiger partial charge in [-0.1, -0.05) is 30.3 Å². The van der Waals surface area contributed by atoms with E-state index in [0.717, 1.165) is 18.4 Å². The number of alkyl carbamates (subject to hydrolysis) is 1. The smallest absolute Gasteiger partial charge is 0.407 e. The van der Waals surface area contributed by atoms with Crippen molar-refractivity contribution in [3.63, 3.8) is 0 Å². The van der Waals surface area contributed by atoms with Crippen LogP contribution in [0.25, 0.3) is 0 Å². The number of nitrogens with zero attached hydrogens (tertiary/aromatic N) is 1. The minimum absolute atomic E-state index is 0.00393. The first kappa shape index (κ1) is 31.8. The van der Waals surface area contributed by atoms with Gasteiger partial charge in [-0.3, -0.25) is 9.59 Å². The molecule has 1 aliphatic carbocycles. The summed E-state index contributed by atoms with van der Waals surface area (Å²) in [5, 5.41) is 5.82. The first-order chi connectivity index (χ1) is 20.5. The summed E-state index contributed by atoms with van der Waals surface area (Å²) < 4.78 is 15.5. The maximum Gasteiger partial charge on any atom is 0.407 e. The van der Waals surface area contributed by atoms with Crippen LogP contribution in [0.15, 0.2) is 48.5 Å². The Morgan fingerprint density at radius 1 is 0.930 bits per heavy atom. The Labute approximate surface area is 253 Å². The van der Waals surface area contributed by atoms with Crippen molar-refractivity contribution in [1.29, 1.82) is 0 Å². The van der Waals surface area contributed by atoms with Crippen molar-refractivity contribution in [2.75, 3.05) is 32.6 Å². The predicted molar refractivity (Wildman–Crippen MR) is 162 cm³/mol. The normalized spacial score (nSPS) is 21.9. The molecule has 10 nitrogen and oxygen atoms in total. The van der Waals surface area contributed by atoms with Gasteiger partial charge in [-0.05, 0) is 76.5 Å². The quantitative estimate of drug-likeness (QED) is 0.407. The number of likely N-dealkylation sites (tertiary alicyclic amines) is 1. The molecule has 1 aliphatic heterocycles. The zero-order valence-electron chi connectivity index (χ0n) is 25.7. The summed E-state index contributed by atoms with van der Waals surface area (Å²) in [5.74, 6) is -0.617. The van der Waals surface area contributed by atoms with Crippen LogP contribution >= 0.6 is 0 Å². The highest BCUT2D eigenvalue weighted by molar-refractivity contribution is 6.00. The molecule has 0 aromatic heterocycles. The number of methoxy groups -OCH3 is 2. The van der Waals surface area contributed by atoms with Gasteiger partial charge in [-0.2, -0.15) is 0 Å². The maximum absolute atomic E-state index is 13.9. The van der Waals surface area contributed by atoms with Gasteiger partial charge in [0, 0.05) is 36.7 Å². The molecule has 0 radical (unpaired) electrons. The molecule has 1 saturated heterocycles. The standard InChI is InChI=1S/C33H43N3O7/c1-33(2,3)43-32(40)34-20-21-11-13-23(14-12-21)30(38)36-18-17-25(22-9-7-6-8-10-22)28(36)29(37)35-24-15-16-26(31(39)42-5)27(19-24)41-4/h6-10,15-16,19,21,23,25,28H,11-14,17-18,20H2,1-5H3,(H,34,40)(H,35,37)/t21-,23-,25-,28-/m0/s1. The van der Waals surface area contributed by atoms with Crippen LogP contribution in [-0.4, -0.2) is 67.7 Å². The second-order valence-corrected chi connectivity index (χ2v) is 12.3. The van der Waals surface area contributed by atoms with Gasteiger partial charge < -0.3 is 29.7 Å². The molecule has 1 saturated carbocycles. The van der Waals surface area contributed by atoms with Gasteiger partial charge >= 0.3 is 12.1 Å². The molecule has 3 amide bonds. The summed E-state index contributed by atoms with van der Waals surface area (Å²) in [5.41, 5.74) is 1.16. The van der Waals surface area contributed by atoms with Crippen LogP contribution in [-0.2, 0) is 19.1 Å². The summed E-state index contributed by atoms with van der Waals surface area (Å²) in [6.45, 7) is 6.49. The molecule has 2 aromatic rings. The van der Waals surface area contributed by atoms with Gasteiger partial charge in [0.15, 0.2) is 0 Å². The molecule has 232 valence electrons. The maximum atomic E-state index is 13.9. The summed E-state index contributed by atoms with van der Waals surface area (Å²) in [7, 11) is 2.73. The number of carbonyl (C=O) groups is 4. The predicted octanol–water partition coefficient (Wildman–Crippen LogP) is 5.14. The number of rotatable bonds is 8. The van der Waals surface area contributed by atoms with Crippen molar-refractivity contribution in [2.24, 2.45) is 11.8 Å². The molecule has 1 heterocycles. The van der Waals surface area contributed by atoms with Gasteiger partial charge in [-0.15, -0.1) is 0 Å². The number of nitrogens with one attached hydrogen (secondary N) is 2. The monoisotopic (exact) mass is 593 g/mol. The number of amides is 3. The van der Waals surface area contributed by atoms with Crippen molar-refractivity contribution in [2.45, 2.75) is 70.4 Å². The topological polar surface area (TPSA) is 123 Å². The van der Waals surface area contributed by atoms with Gasteiger partial charge in [0.2, 0.25) is 11.8 Å². The second-order valence-electron chi connectivity index (χ2n) is 12.3. The van der Waals surface area contributed by atoms with Gasteiger partial charge in [-0.25, -0.2) is 9.59 Å². The van der Waals surface area contributed by atoms with Crippen LogP contribution in [0, 0.1) is 11.8 Å². The van der Waals surface area contributed by atoms with Crippen molar-refractivity contribution in [3.05, 3.63) is 59.7 Å². The van der Waals surface area contributed by atoms with Crippen molar-refractivity contribution < 1.29 is 33.4 Å². The lowest BCUT2D eigenvalue weighted by atomic mass is 9.81. The van der Waals surface area contributed by atoms with E-state index in [1.165, 1.54) is 14.2 Å². The lowest BCUT2D eigenvalue weighted by Gasteiger charge is -2.34. The van der Waals surface area contributed by atoms with Gasteiger partial charge in [0.05, 0.1) is 14.2 Å². The number of hydrogen-bond acceptors (Lipinski definition) is 7. The van der Waals surface area contributed by atoms with Crippen LogP contribution in [0.2, 0.25) is 0 Å². The Morgan fingerprint density at radius 3 is 2.26 bits per heavy atom. The lowest BCUT2D eigenvalue weighted by molar-refractivity contribution is -0.141. The number of benzene rings is 2. The molecule has 2 fully saturated rings. The number of hydrogen-bond donors (Lipinski definition) is 2. The number of anilines is 1. The van der Waals surface area contributed by atoms with E-state index in [1.807, 2.05) is 51.1 Å². The van der Waals surface area contributed by atoms with E-state index in [4.69, 9.17) is 14.2 Å². The minimum Gasteiger partial charge on any atom is -0.496 e. The van der Waals surface area contributed by atoms with E-state index in [1.54, 1.807) is 23.1 Å². The largest absolute Gasteiger partial charge is 0.496 e. The molecule has 2 aromatic carbocycles. The molecule has 0 unspecified atom stereocenters. The van der Waals surface area contributed by atoms with E-state index in [2.05, 4.69) is 10.6 Å². The number of ether oxygens (including phenoxy) is 3. The van der Waals surface area contributed by atoms with E-state index >= 15 is 0 Å². The second kappa shape index (κ2) is 13.9. The van der Waals surface area contributed by atoms with Crippen LogP contribution in [0.3, 0.4) is 0 Å². The molecular weight excluding hydrogens is 550 g/mol. The fraction of sp³-hybridized carbons (Fsp3) is 0.515. The third-order valence-electron chi connectivity index (χ3n) is 8.18. The molecule has 0 spiro atoms.